The topological polar surface area (TPSA) is 236 Å². The molecule has 19 nitrogen and oxygen atoms in total. The predicted molar refractivity (Wildman–Crippen MR) is 278 cm³/mol. The molecule has 5 atom stereocenters. The lowest BCUT2D eigenvalue weighted by atomic mass is 9.75. The van der Waals surface area contributed by atoms with E-state index in [4.69, 9.17) is 44.8 Å². The number of rotatable bonds is 31. The number of amides is 3. The highest BCUT2D eigenvalue weighted by atomic mass is 35.5. The van der Waals surface area contributed by atoms with Crippen LogP contribution >= 0.6 is 33.2 Å². The second-order valence-electron chi connectivity index (χ2n) is 16.6. The molecule has 402 valence electrons. The lowest BCUT2D eigenvalue weighted by molar-refractivity contribution is -0.154. The van der Waals surface area contributed by atoms with E-state index in [0.717, 1.165) is 5.56 Å². The van der Waals surface area contributed by atoms with Crippen molar-refractivity contribution in [1.29, 1.82) is 0 Å². The molecule has 0 spiro atoms. The maximum atomic E-state index is 14.1. The predicted octanol–water partition coefficient (Wildman–Crippen LogP) is 6.60. The van der Waals surface area contributed by atoms with Crippen LogP contribution in [0.1, 0.15) is 83.3 Å². The maximum absolute atomic E-state index is 14.1. The minimum Gasteiger partial charge on any atom is -0.468 e. The van der Waals surface area contributed by atoms with Crippen molar-refractivity contribution < 1.29 is 66.7 Å². The minimum atomic E-state index is -0.923. The Labute approximate surface area is 440 Å². The zero-order valence-electron chi connectivity index (χ0n) is 42.3. The molecule has 4 unspecified atom stereocenters. The number of aryl methyl sites for hydroxylation is 1. The minimum absolute atomic E-state index is 0.0610. The molecule has 0 bridgehead atoms. The summed E-state index contributed by atoms with van der Waals surface area (Å²) in [5.41, 5.74) is 2.40. The number of ether oxygens (including phenoxy) is 7. The molecule has 22 heteroatoms. The van der Waals surface area contributed by atoms with Crippen molar-refractivity contribution in [3.8, 4) is 0 Å². The SMILES string of the molecule is CCOC(=O)C1=C(COCCNC(=O)OCCSSCCOC(=O)NCCCC[C@H](NC(CCc2ccccc2)C(=O)OCC)C(=O)N2CCCC2C(=O)OCC)N=C(C)C(C(=O)OC)C1c1ccccc1Cl. The number of likely N-dealkylation sites (tertiary alicyclic amines) is 1. The van der Waals surface area contributed by atoms with Crippen LogP contribution in [-0.4, -0.2) is 155 Å². The first-order chi connectivity index (χ1) is 35.3. The third-order valence-electron chi connectivity index (χ3n) is 11.7. The third-order valence-corrected chi connectivity index (χ3v) is 14.3. The van der Waals surface area contributed by atoms with E-state index in [1.54, 1.807) is 56.9 Å². The highest BCUT2D eigenvalue weighted by Crippen LogP contribution is 2.42. The fourth-order valence-electron chi connectivity index (χ4n) is 8.31. The average Bonchev–Trinajstić information content (AvgIpc) is 3.88. The Morgan fingerprint density at radius 3 is 2.08 bits per heavy atom. The van der Waals surface area contributed by atoms with Crippen LogP contribution in [-0.2, 0) is 63.6 Å². The van der Waals surface area contributed by atoms with Crippen LogP contribution in [0.2, 0.25) is 5.02 Å². The fraction of sp³-hybridized carbons (Fsp3) is 0.569. The number of unbranched alkanes of at least 4 members (excludes halogenated alkanes) is 1. The Kier molecular flexibility index (Phi) is 27.6. The number of hydrogen-bond acceptors (Lipinski definition) is 18. The normalized spacial score (nSPS) is 17.2. The van der Waals surface area contributed by atoms with Gasteiger partial charge in [0.2, 0.25) is 5.91 Å². The first kappa shape index (κ1) is 60.2. The summed E-state index contributed by atoms with van der Waals surface area (Å²) in [5, 5.41) is 8.99. The van der Waals surface area contributed by atoms with Crippen molar-refractivity contribution in [3.63, 3.8) is 0 Å². The van der Waals surface area contributed by atoms with E-state index in [9.17, 15) is 33.6 Å². The molecule has 0 aromatic heterocycles. The number of alkyl carbamates (subject to hydrolysis) is 2. The van der Waals surface area contributed by atoms with Gasteiger partial charge in [-0.25, -0.2) is 19.2 Å². The van der Waals surface area contributed by atoms with E-state index in [1.165, 1.54) is 28.7 Å². The summed E-state index contributed by atoms with van der Waals surface area (Å²) in [7, 11) is 4.16. The Morgan fingerprint density at radius 2 is 1.42 bits per heavy atom. The molecule has 3 N–H and O–H groups in total. The average molecular weight is 1080 g/mol. The van der Waals surface area contributed by atoms with E-state index in [1.807, 2.05) is 30.3 Å². The zero-order valence-corrected chi connectivity index (χ0v) is 44.7. The molecule has 2 aliphatic heterocycles. The number of halogens is 1. The van der Waals surface area contributed by atoms with Crippen molar-refractivity contribution >= 4 is 80.9 Å². The van der Waals surface area contributed by atoms with E-state index in [-0.39, 0.29) is 70.0 Å². The van der Waals surface area contributed by atoms with Crippen molar-refractivity contribution in [3.05, 3.63) is 82.0 Å². The van der Waals surface area contributed by atoms with Crippen LogP contribution < -0.4 is 16.0 Å². The fourth-order valence-corrected chi connectivity index (χ4v) is 10.2. The number of aliphatic imine (C=N–C) groups is 1. The lowest BCUT2D eigenvalue weighted by Gasteiger charge is -2.32. The van der Waals surface area contributed by atoms with Gasteiger partial charge in [-0.05, 0) is 89.8 Å². The maximum Gasteiger partial charge on any atom is 0.407 e. The van der Waals surface area contributed by atoms with Crippen LogP contribution in [0, 0.1) is 5.92 Å². The molecule has 2 heterocycles. The molecule has 73 heavy (non-hydrogen) atoms. The Bertz CT molecular complexity index is 2190. The van der Waals surface area contributed by atoms with Gasteiger partial charge in [-0.1, -0.05) is 81.7 Å². The van der Waals surface area contributed by atoms with Gasteiger partial charge in [0.15, 0.2) is 0 Å². The summed E-state index contributed by atoms with van der Waals surface area (Å²) in [5.74, 6) is -3.20. The first-order valence-electron chi connectivity index (χ1n) is 24.7. The highest BCUT2D eigenvalue weighted by molar-refractivity contribution is 8.76. The number of hydrogen-bond donors (Lipinski definition) is 3. The molecule has 2 aromatic carbocycles. The van der Waals surface area contributed by atoms with Crippen LogP contribution in [0.25, 0.3) is 0 Å². The smallest absolute Gasteiger partial charge is 0.407 e. The van der Waals surface area contributed by atoms with E-state index < -0.39 is 66.0 Å². The van der Waals surface area contributed by atoms with Gasteiger partial charge in [-0.3, -0.25) is 24.7 Å². The number of methoxy groups -OCH3 is 1. The van der Waals surface area contributed by atoms with E-state index in [2.05, 4.69) is 20.9 Å². The van der Waals surface area contributed by atoms with Gasteiger partial charge < -0.3 is 48.7 Å². The number of nitrogens with one attached hydrogen (secondary N) is 3. The van der Waals surface area contributed by atoms with Crippen molar-refractivity contribution in [2.45, 2.75) is 96.7 Å². The molecule has 1 fully saturated rings. The number of nitrogens with zero attached hydrogens (tertiary/aromatic N) is 2. The van der Waals surface area contributed by atoms with E-state index in [0.29, 0.717) is 85.8 Å². The van der Waals surface area contributed by atoms with Gasteiger partial charge in [-0.2, -0.15) is 0 Å². The molecule has 2 aromatic rings. The monoisotopic (exact) mass is 1080 g/mol. The third kappa shape index (κ3) is 19.8. The summed E-state index contributed by atoms with van der Waals surface area (Å²) in [6, 6.07) is 14.4. The van der Waals surface area contributed by atoms with Crippen LogP contribution in [0.15, 0.2) is 70.9 Å². The van der Waals surface area contributed by atoms with Crippen LogP contribution in [0.4, 0.5) is 9.59 Å². The molecule has 2 aliphatic rings. The van der Waals surface area contributed by atoms with Gasteiger partial charge in [0.05, 0.1) is 57.5 Å². The summed E-state index contributed by atoms with van der Waals surface area (Å²) in [4.78, 5) is 97.2. The summed E-state index contributed by atoms with van der Waals surface area (Å²) in [6.07, 6.45) is 2.32. The number of carbonyl (C=O) groups is 7. The first-order valence-corrected chi connectivity index (χ1v) is 27.6. The Balaban J connectivity index is 1.13. The van der Waals surface area contributed by atoms with Gasteiger partial charge >= 0.3 is 36.1 Å². The zero-order chi connectivity index (χ0) is 53.0. The van der Waals surface area contributed by atoms with Crippen LogP contribution in [0.3, 0.4) is 0 Å². The quantitative estimate of drug-likeness (QED) is 0.0312. The molecule has 3 amide bonds. The summed E-state index contributed by atoms with van der Waals surface area (Å²) >= 11 is 6.57. The highest BCUT2D eigenvalue weighted by Gasteiger charge is 2.44. The van der Waals surface area contributed by atoms with Gasteiger partial charge in [0, 0.05) is 47.8 Å². The lowest BCUT2D eigenvalue weighted by Crippen LogP contribution is -2.54. The van der Waals surface area contributed by atoms with Gasteiger partial charge in [-0.15, -0.1) is 0 Å². The van der Waals surface area contributed by atoms with Gasteiger partial charge in [0.1, 0.15) is 31.2 Å². The molecule has 0 radical (unpaired) electrons. The Morgan fingerprint density at radius 1 is 0.767 bits per heavy atom. The molecule has 0 saturated carbocycles. The largest absolute Gasteiger partial charge is 0.468 e. The second kappa shape index (κ2) is 33.5. The summed E-state index contributed by atoms with van der Waals surface area (Å²) < 4.78 is 37.5. The summed E-state index contributed by atoms with van der Waals surface area (Å²) in [6.45, 7) is 8.30. The number of carbonyl (C=O) groups excluding carboxylic acids is 7. The van der Waals surface area contributed by atoms with Crippen molar-refractivity contribution in [2.24, 2.45) is 10.9 Å². The van der Waals surface area contributed by atoms with Crippen molar-refractivity contribution in [2.75, 3.05) is 84.5 Å². The number of benzene rings is 2. The Hall–Kier alpha value is -5.35. The molecular weight excluding hydrogens is 1010 g/mol. The molecule has 0 aliphatic carbocycles. The second-order valence-corrected chi connectivity index (χ2v) is 19.8. The van der Waals surface area contributed by atoms with Gasteiger partial charge in [0.25, 0.3) is 0 Å². The van der Waals surface area contributed by atoms with Crippen molar-refractivity contribution in [1.82, 2.24) is 20.9 Å². The van der Waals surface area contributed by atoms with Crippen LogP contribution in [0.5, 0.6) is 0 Å². The standard InChI is InChI=1S/C51H70ClN5O14S2/c1-6-67-46(59)39(24-23-35-17-10-9-11-18-35)56-38(45(58)57-27-16-22-41(57)47(60)68-7-2)21-14-15-25-53-50(63)70-29-31-72-73-32-30-71-51(64)54-26-28-66-33-40-44(49(62)69-8-3)43(36-19-12-13-20-37(36)52)42(34(4)55-40)48(61)65-5/h9-13,17-20,38-39,41-43,56H,6-8,14-16,21-33H2,1-5H3,(H,53,63)(H,54,64)/t38-,39?,41?,42?,43?/m0/s1. The number of esters is 4. The molecule has 4 rings (SSSR count). The molecular formula is C51H70ClN5O14S2. The van der Waals surface area contributed by atoms with E-state index >= 15 is 0 Å². The molecule has 1 saturated heterocycles.